The third-order valence-electron chi connectivity index (χ3n) is 6.38. The molecule has 0 aromatic heterocycles. The lowest BCUT2D eigenvalue weighted by molar-refractivity contribution is -0.138. The summed E-state index contributed by atoms with van der Waals surface area (Å²) >= 11 is 0. The van der Waals surface area contributed by atoms with Crippen LogP contribution in [0, 0.1) is 5.92 Å². The highest BCUT2D eigenvalue weighted by atomic mass is 32.2. The highest BCUT2D eigenvalue weighted by Gasteiger charge is 2.44. The third kappa shape index (κ3) is 6.08. The molecule has 0 radical (unpaired) electrons. The Morgan fingerprint density at radius 2 is 1.67 bits per heavy atom. The van der Waals surface area contributed by atoms with E-state index in [0.29, 0.717) is 44.7 Å². The minimum Gasteiger partial charge on any atom is -0.341 e. The van der Waals surface area contributed by atoms with Crippen LogP contribution in [0.25, 0.3) is 0 Å². The minimum absolute atomic E-state index is 0.0471. The van der Waals surface area contributed by atoms with Crippen molar-refractivity contribution in [2.75, 3.05) is 27.2 Å². The second kappa shape index (κ2) is 9.92. The summed E-state index contributed by atoms with van der Waals surface area (Å²) in [6.07, 6.45) is -1.52. The monoisotopic (exact) mass is 489 g/mol. The SMILES string of the molecule is CC(C)CC(C(=O)N1CCC(N(C2CC2)S(=O)(=O)c2cccc(C(F)(F)F)c2)CC1)N(C)C. The molecule has 1 aromatic rings. The van der Waals surface area contributed by atoms with E-state index in [1.54, 1.807) is 4.90 Å². The molecule has 186 valence electrons. The van der Waals surface area contributed by atoms with Gasteiger partial charge in [0.25, 0.3) is 0 Å². The van der Waals surface area contributed by atoms with Gasteiger partial charge in [0, 0.05) is 25.2 Å². The molecule has 1 unspecified atom stereocenters. The maximum absolute atomic E-state index is 13.4. The number of rotatable bonds is 8. The average Bonchev–Trinajstić information content (AvgIpc) is 3.56. The molecule has 1 amide bonds. The lowest BCUT2D eigenvalue weighted by Gasteiger charge is -2.40. The first-order valence-electron chi connectivity index (χ1n) is 11.5. The molecule has 1 saturated heterocycles. The molecule has 3 rings (SSSR count). The molecule has 6 nitrogen and oxygen atoms in total. The number of carbonyl (C=O) groups excluding carboxylic acids is 1. The first-order chi connectivity index (χ1) is 15.3. The summed E-state index contributed by atoms with van der Waals surface area (Å²) in [5, 5.41) is 0. The van der Waals surface area contributed by atoms with E-state index in [0.717, 1.165) is 24.6 Å². The third-order valence-corrected chi connectivity index (χ3v) is 8.38. The fourth-order valence-corrected chi connectivity index (χ4v) is 6.48. The Labute approximate surface area is 194 Å². The predicted molar refractivity (Wildman–Crippen MR) is 120 cm³/mol. The van der Waals surface area contributed by atoms with E-state index in [1.807, 2.05) is 19.0 Å². The Hall–Kier alpha value is -1.65. The van der Waals surface area contributed by atoms with Gasteiger partial charge < -0.3 is 4.90 Å². The number of hydrogen-bond acceptors (Lipinski definition) is 4. The number of benzene rings is 1. The molecule has 2 fully saturated rings. The number of amides is 1. The predicted octanol–water partition coefficient (Wildman–Crippen LogP) is 3.83. The molecule has 1 aromatic carbocycles. The van der Waals surface area contributed by atoms with Crippen LogP contribution in [-0.4, -0.2) is 73.7 Å². The zero-order valence-electron chi connectivity index (χ0n) is 19.7. The molecule has 0 N–H and O–H groups in total. The van der Waals surface area contributed by atoms with E-state index < -0.39 is 21.8 Å². The van der Waals surface area contributed by atoms with Crippen molar-refractivity contribution in [3.05, 3.63) is 29.8 Å². The van der Waals surface area contributed by atoms with Gasteiger partial charge in [-0.15, -0.1) is 0 Å². The van der Waals surface area contributed by atoms with Crippen molar-refractivity contribution in [1.29, 1.82) is 0 Å². The molecule has 1 saturated carbocycles. The molecule has 1 aliphatic heterocycles. The van der Waals surface area contributed by atoms with Gasteiger partial charge in [0.05, 0.1) is 16.5 Å². The number of halogens is 3. The number of nitrogens with zero attached hydrogens (tertiary/aromatic N) is 3. The highest BCUT2D eigenvalue weighted by Crippen LogP contribution is 2.38. The van der Waals surface area contributed by atoms with Gasteiger partial charge in [-0.2, -0.15) is 17.5 Å². The Morgan fingerprint density at radius 1 is 1.09 bits per heavy atom. The number of alkyl halides is 3. The highest BCUT2D eigenvalue weighted by molar-refractivity contribution is 7.89. The van der Waals surface area contributed by atoms with Gasteiger partial charge in [0.2, 0.25) is 15.9 Å². The molecule has 1 atom stereocenters. The van der Waals surface area contributed by atoms with Gasteiger partial charge in [0.1, 0.15) is 0 Å². The van der Waals surface area contributed by atoms with Crippen LogP contribution in [0.5, 0.6) is 0 Å². The van der Waals surface area contributed by atoms with Crippen LogP contribution in [0.4, 0.5) is 13.2 Å². The number of likely N-dealkylation sites (N-methyl/N-ethyl adjacent to an activating group) is 1. The lowest BCUT2D eigenvalue weighted by atomic mass is 9.99. The van der Waals surface area contributed by atoms with E-state index in [2.05, 4.69) is 13.8 Å². The Balaban J connectivity index is 1.76. The first-order valence-corrected chi connectivity index (χ1v) is 12.9. The van der Waals surface area contributed by atoms with Crippen LogP contribution in [0.3, 0.4) is 0 Å². The standard InChI is InChI=1S/C23H34F3N3O3S/c1-16(2)14-21(27(3)4)22(30)28-12-10-19(11-13-28)29(18-8-9-18)33(31,32)20-7-5-6-17(15-20)23(24,25)26/h5-7,15-16,18-19,21H,8-14H2,1-4H3. The first kappa shape index (κ1) is 26.0. The van der Waals surface area contributed by atoms with Gasteiger partial charge >= 0.3 is 6.18 Å². The summed E-state index contributed by atoms with van der Waals surface area (Å²) in [6, 6.07) is 3.22. The van der Waals surface area contributed by atoms with Crippen molar-refractivity contribution in [3.8, 4) is 0 Å². The molecule has 0 bridgehead atoms. The van der Waals surface area contributed by atoms with Crippen molar-refractivity contribution in [2.45, 2.75) is 75.1 Å². The Kier molecular flexibility index (Phi) is 7.80. The van der Waals surface area contributed by atoms with E-state index in [1.165, 1.54) is 10.4 Å². The van der Waals surface area contributed by atoms with E-state index in [4.69, 9.17) is 0 Å². The zero-order valence-corrected chi connectivity index (χ0v) is 20.5. The second-order valence-corrected chi connectivity index (χ2v) is 11.6. The van der Waals surface area contributed by atoms with Crippen molar-refractivity contribution in [1.82, 2.24) is 14.1 Å². The molecule has 1 aliphatic carbocycles. The summed E-state index contributed by atoms with van der Waals surface area (Å²) < 4.78 is 67.7. The molecule has 2 aliphatic rings. The zero-order chi connectivity index (χ0) is 24.6. The summed E-state index contributed by atoms with van der Waals surface area (Å²) in [4.78, 5) is 16.5. The van der Waals surface area contributed by atoms with Crippen LogP contribution in [0.2, 0.25) is 0 Å². The summed E-state index contributed by atoms with van der Waals surface area (Å²) in [5.41, 5.74) is -0.973. The normalized spacial score (nSPS) is 19.5. The maximum atomic E-state index is 13.4. The number of likely N-dealkylation sites (tertiary alicyclic amines) is 1. The molecule has 1 heterocycles. The van der Waals surface area contributed by atoms with Crippen LogP contribution in [-0.2, 0) is 21.0 Å². The lowest BCUT2D eigenvalue weighted by Crippen LogP contribution is -2.53. The summed E-state index contributed by atoms with van der Waals surface area (Å²) in [6.45, 7) is 5.02. The maximum Gasteiger partial charge on any atom is 0.416 e. The summed E-state index contributed by atoms with van der Waals surface area (Å²) in [7, 11) is -0.316. The van der Waals surface area contributed by atoms with Gasteiger partial charge in [0.15, 0.2) is 0 Å². The van der Waals surface area contributed by atoms with Crippen molar-refractivity contribution >= 4 is 15.9 Å². The number of piperidine rings is 1. The largest absolute Gasteiger partial charge is 0.416 e. The molecular formula is C23H34F3N3O3S. The fourth-order valence-electron chi connectivity index (χ4n) is 4.50. The van der Waals surface area contributed by atoms with Crippen molar-refractivity contribution < 1.29 is 26.4 Å². The Morgan fingerprint density at radius 3 is 2.15 bits per heavy atom. The van der Waals surface area contributed by atoms with Crippen LogP contribution < -0.4 is 0 Å². The fraction of sp³-hybridized carbons (Fsp3) is 0.696. The molecule has 10 heteroatoms. The average molecular weight is 490 g/mol. The second-order valence-electron chi connectivity index (χ2n) is 9.76. The smallest absolute Gasteiger partial charge is 0.341 e. The molecular weight excluding hydrogens is 455 g/mol. The molecule has 33 heavy (non-hydrogen) atoms. The number of carbonyl (C=O) groups is 1. The molecule has 0 spiro atoms. The van der Waals surface area contributed by atoms with E-state index in [-0.39, 0.29) is 28.9 Å². The quantitative estimate of drug-likeness (QED) is 0.557. The minimum atomic E-state index is -4.61. The van der Waals surface area contributed by atoms with Gasteiger partial charge in [-0.1, -0.05) is 19.9 Å². The van der Waals surface area contributed by atoms with Crippen molar-refractivity contribution in [3.63, 3.8) is 0 Å². The van der Waals surface area contributed by atoms with Crippen LogP contribution >= 0.6 is 0 Å². The van der Waals surface area contributed by atoms with E-state index >= 15 is 0 Å². The Bertz CT molecular complexity index is 938. The topological polar surface area (TPSA) is 60.9 Å². The van der Waals surface area contributed by atoms with Gasteiger partial charge in [-0.3, -0.25) is 9.69 Å². The number of hydrogen-bond donors (Lipinski definition) is 0. The van der Waals surface area contributed by atoms with Crippen LogP contribution in [0.1, 0.15) is 51.5 Å². The van der Waals surface area contributed by atoms with Crippen LogP contribution in [0.15, 0.2) is 29.2 Å². The summed E-state index contributed by atoms with van der Waals surface area (Å²) in [5.74, 6) is 0.410. The van der Waals surface area contributed by atoms with Crippen molar-refractivity contribution in [2.24, 2.45) is 5.92 Å². The van der Waals surface area contributed by atoms with E-state index in [9.17, 15) is 26.4 Å². The number of sulfonamides is 1. The van der Waals surface area contributed by atoms with Gasteiger partial charge in [-0.25, -0.2) is 8.42 Å². The van der Waals surface area contributed by atoms with Gasteiger partial charge in [-0.05, 0) is 70.3 Å².